The molecule has 0 saturated carbocycles. The van der Waals surface area contributed by atoms with E-state index in [-0.39, 0.29) is 12.5 Å². The van der Waals surface area contributed by atoms with E-state index in [9.17, 15) is 9.18 Å². The molecule has 0 unspecified atom stereocenters. The van der Waals surface area contributed by atoms with Gasteiger partial charge < -0.3 is 10.1 Å². The van der Waals surface area contributed by atoms with Gasteiger partial charge in [-0.2, -0.15) is 5.10 Å². The Morgan fingerprint density at radius 1 is 1.16 bits per heavy atom. The Morgan fingerprint density at radius 2 is 1.97 bits per heavy atom. The van der Waals surface area contributed by atoms with Gasteiger partial charge in [0.25, 0.3) is 5.91 Å². The van der Waals surface area contributed by atoms with Crippen LogP contribution in [0, 0.1) is 5.82 Å². The molecule has 0 saturated heterocycles. The van der Waals surface area contributed by atoms with Crippen molar-refractivity contribution in [1.29, 1.82) is 0 Å². The third kappa shape index (κ3) is 5.44. The van der Waals surface area contributed by atoms with E-state index in [2.05, 4.69) is 10.4 Å². The van der Waals surface area contributed by atoms with Gasteiger partial charge in [-0.3, -0.25) is 9.48 Å². The smallest absolute Gasteiger partial charge is 0.266 e. The Kier molecular flexibility index (Phi) is 6.56. The summed E-state index contributed by atoms with van der Waals surface area (Å²) in [5.41, 5.74) is 1.22. The van der Waals surface area contributed by atoms with E-state index in [1.165, 1.54) is 22.1 Å². The number of amides is 1. The first-order chi connectivity index (χ1) is 15.0. The van der Waals surface area contributed by atoms with E-state index in [0.29, 0.717) is 38.7 Å². The molecule has 0 atom stereocenters. The van der Waals surface area contributed by atoms with Gasteiger partial charge in [-0.05, 0) is 47.8 Å². The molecule has 4 aromatic rings. The predicted molar refractivity (Wildman–Crippen MR) is 121 cm³/mol. The van der Waals surface area contributed by atoms with Crippen LogP contribution in [0.2, 0.25) is 10.0 Å². The number of hydrogen-bond acceptors (Lipinski definition) is 4. The summed E-state index contributed by atoms with van der Waals surface area (Å²) in [4.78, 5) is 13.1. The van der Waals surface area contributed by atoms with E-state index < -0.39 is 5.82 Å². The van der Waals surface area contributed by atoms with Gasteiger partial charge in [-0.25, -0.2) is 4.39 Å². The Balaban J connectivity index is 1.35. The molecule has 31 heavy (non-hydrogen) atoms. The number of nitrogens with one attached hydrogen (secondary N) is 1. The Labute approximate surface area is 192 Å². The highest BCUT2D eigenvalue weighted by Gasteiger charge is 2.13. The normalized spacial score (nSPS) is 10.8. The fraction of sp³-hybridized carbons (Fsp3) is 0.0909. The second kappa shape index (κ2) is 9.51. The third-order valence-electron chi connectivity index (χ3n) is 4.36. The van der Waals surface area contributed by atoms with Gasteiger partial charge in [0.15, 0.2) is 5.82 Å². The van der Waals surface area contributed by atoms with Crippen molar-refractivity contribution in [3.05, 3.63) is 98.0 Å². The Morgan fingerprint density at radius 3 is 2.74 bits per heavy atom. The second-order valence-corrected chi connectivity index (χ2v) is 8.37. The monoisotopic (exact) mass is 475 g/mol. The van der Waals surface area contributed by atoms with E-state index >= 15 is 0 Å². The van der Waals surface area contributed by atoms with E-state index in [1.807, 2.05) is 5.38 Å². The zero-order valence-electron chi connectivity index (χ0n) is 16.0. The van der Waals surface area contributed by atoms with Crippen molar-refractivity contribution in [3.8, 4) is 5.75 Å². The van der Waals surface area contributed by atoms with Gasteiger partial charge in [-0.1, -0.05) is 29.3 Å². The second-order valence-electron chi connectivity index (χ2n) is 6.61. The summed E-state index contributed by atoms with van der Waals surface area (Å²) in [5.74, 6) is 0.379. The van der Waals surface area contributed by atoms with E-state index in [1.54, 1.807) is 54.7 Å². The van der Waals surface area contributed by atoms with Crippen LogP contribution < -0.4 is 10.1 Å². The van der Waals surface area contributed by atoms with Gasteiger partial charge in [0, 0.05) is 33.4 Å². The highest BCUT2D eigenvalue weighted by Crippen LogP contribution is 2.22. The molecule has 0 aliphatic rings. The van der Waals surface area contributed by atoms with Crippen LogP contribution in [0.3, 0.4) is 0 Å². The number of carbonyl (C=O) groups is 1. The zero-order chi connectivity index (χ0) is 21.8. The van der Waals surface area contributed by atoms with E-state index in [0.717, 1.165) is 5.56 Å². The molecular formula is C22H16Cl2FN3O2S. The van der Waals surface area contributed by atoms with Gasteiger partial charge in [0.2, 0.25) is 0 Å². The molecular weight excluding hydrogens is 460 g/mol. The Bertz CT molecular complexity index is 1190. The van der Waals surface area contributed by atoms with Crippen molar-refractivity contribution in [3.63, 3.8) is 0 Å². The average molecular weight is 476 g/mol. The molecule has 2 aromatic carbocycles. The van der Waals surface area contributed by atoms with Gasteiger partial charge in [0.05, 0.1) is 11.4 Å². The van der Waals surface area contributed by atoms with Crippen LogP contribution in [-0.2, 0) is 13.2 Å². The lowest BCUT2D eigenvalue weighted by molar-refractivity contribution is 0.103. The molecule has 0 spiro atoms. The molecule has 158 valence electrons. The molecule has 0 aliphatic heterocycles. The van der Waals surface area contributed by atoms with Crippen molar-refractivity contribution >= 4 is 46.3 Å². The average Bonchev–Trinajstić information content (AvgIpc) is 3.40. The van der Waals surface area contributed by atoms with Crippen molar-refractivity contribution < 1.29 is 13.9 Å². The first-order valence-electron chi connectivity index (χ1n) is 9.21. The summed E-state index contributed by atoms with van der Waals surface area (Å²) in [6.07, 6.45) is 1.65. The molecule has 9 heteroatoms. The number of halogens is 3. The fourth-order valence-electron chi connectivity index (χ4n) is 2.81. The standard InChI is InChI=1S/C22H16Cl2FN3O2S/c23-15-4-6-16(7-5-15)30-12-14-10-20(31-13-14)22(29)26-21-8-9-28(27-21)11-17-18(24)2-1-3-19(17)25/h1-10,13H,11-12H2,(H,26,27,29). The van der Waals surface area contributed by atoms with Crippen LogP contribution in [0.4, 0.5) is 10.2 Å². The lowest BCUT2D eigenvalue weighted by Crippen LogP contribution is -2.11. The van der Waals surface area contributed by atoms with Crippen molar-refractivity contribution in [2.75, 3.05) is 5.32 Å². The first kappa shape index (κ1) is 21.4. The molecule has 0 fully saturated rings. The van der Waals surface area contributed by atoms with Gasteiger partial charge in [0.1, 0.15) is 18.2 Å². The number of hydrogen-bond donors (Lipinski definition) is 1. The quantitative estimate of drug-likeness (QED) is 0.342. The molecule has 1 N–H and O–H groups in total. The molecule has 0 radical (unpaired) electrons. The number of thiophene rings is 1. The van der Waals surface area contributed by atoms with Crippen molar-refractivity contribution in [2.45, 2.75) is 13.2 Å². The predicted octanol–water partition coefficient (Wildman–Crippen LogP) is 6.27. The van der Waals surface area contributed by atoms with Crippen LogP contribution in [0.1, 0.15) is 20.8 Å². The van der Waals surface area contributed by atoms with Crippen LogP contribution in [-0.4, -0.2) is 15.7 Å². The maximum Gasteiger partial charge on any atom is 0.266 e. The fourth-order valence-corrected chi connectivity index (χ4v) is 3.95. The SMILES string of the molecule is O=C(Nc1ccn(Cc2c(F)cccc2Cl)n1)c1cc(COc2ccc(Cl)cc2)cs1. The van der Waals surface area contributed by atoms with Crippen LogP contribution in [0.25, 0.3) is 0 Å². The number of benzene rings is 2. The molecule has 0 bridgehead atoms. The van der Waals surface area contributed by atoms with Crippen LogP contribution in [0.15, 0.2) is 66.2 Å². The number of nitrogens with zero attached hydrogens (tertiary/aromatic N) is 2. The van der Waals surface area contributed by atoms with Crippen LogP contribution in [0.5, 0.6) is 5.75 Å². The minimum absolute atomic E-state index is 0.159. The van der Waals surface area contributed by atoms with Gasteiger partial charge in [-0.15, -0.1) is 11.3 Å². The summed E-state index contributed by atoms with van der Waals surface area (Å²) in [5, 5.41) is 9.85. The zero-order valence-corrected chi connectivity index (χ0v) is 18.3. The number of rotatable bonds is 7. The van der Waals surface area contributed by atoms with Crippen molar-refractivity contribution in [2.24, 2.45) is 0 Å². The third-order valence-corrected chi connectivity index (χ3v) is 5.94. The highest BCUT2D eigenvalue weighted by atomic mass is 35.5. The summed E-state index contributed by atoms with van der Waals surface area (Å²) in [6.45, 7) is 0.496. The van der Waals surface area contributed by atoms with Gasteiger partial charge >= 0.3 is 0 Å². The largest absolute Gasteiger partial charge is 0.489 e. The summed E-state index contributed by atoms with van der Waals surface area (Å²) in [6, 6.07) is 15.0. The maximum atomic E-state index is 14.0. The number of anilines is 1. The first-order valence-corrected chi connectivity index (χ1v) is 10.8. The molecule has 0 aliphatic carbocycles. The molecule has 4 rings (SSSR count). The number of ether oxygens (including phenoxy) is 1. The molecule has 2 heterocycles. The molecule has 5 nitrogen and oxygen atoms in total. The Hall–Kier alpha value is -2.87. The van der Waals surface area contributed by atoms with E-state index in [4.69, 9.17) is 27.9 Å². The minimum atomic E-state index is -0.402. The molecule has 1 amide bonds. The topological polar surface area (TPSA) is 56.2 Å². The number of aromatic nitrogens is 2. The minimum Gasteiger partial charge on any atom is -0.489 e. The van der Waals surface area contributed by atoms with Crippen LogP contribution >= 0.6 is 34.5 Å². The molecule has 2 aromatic heterocycles. The summed E-state index contributed by atoms with van der Waals surface area (Å²) < 4.78 is 21.2. The summed E-state index contributed by atoms with van der Waals surface area (Å²) in [7, 11) is 0. The summed E-state index contributed by atoms with van der Waals surface area (Å²) >= 11 is 13.2. The lowest BCUT2D eigenvalue weighted by atomic mass is 10.2. The number of carbonyl (C=O) groups excluding carboxylic acids is 1. The van der Waals surface area contributed by atoms with Crippen molar-refractivity contribution in [1.82, 2.24) is 9.78 Å². The maximum absolute atomic E-state index is 14.0. The lowest BCUT2D eigenvalue weighted by Gasteiger charge is -2.06. The highest BCUT2D eigenvalue weighted by molar-refractivity contribution is 7.12.